The Morgan fingerprint density at radius 1 is 1.00 bits per heavy atom. The van der Waals surface area contributed by atoms with Crippen molar-refractivity contribution in [1.29, 1.82) is 0 Å². The molecule has 2 nitrogen and oxygen atoms in total. The van der Waals surface area contributed by atoms with Crippen molar-refractivity contribution in [2.24, 2.45) is 5.41 Å². The molecule has 1 N–H and O–H groups in total. The van der Waals surface area contributed by atoms with Crippen molar-refractivity contribution in [3.8, 4) is 0 Å². The predicted molar refractivity (Wildman–Crippen MR) is 92.8 cm³/mol. The van der Waals surface area contributed by atoms with Crippen molar-refractivity contribution in [3.05, 3.63) is 0 Å². The molecule has 2 aliphatic carbocycles. The lowest BCUT2D eigenvalue weighted by Gasteiger charge is -2.39. The van der Waals surface area contributed by atoms with Gasteiger partial charge in [0, 0.05) is 19.1 Å². The normalized spacial score (nSPS) is 22.4. The summed E-state index contributed by atoms with van der Waals surface area (Å²) < 4.78 is 0. The third-order valence-electron chi connectivity index (χ3n) is 5.49. The van der Waals surface area contributed by atoms with Crippen LogP contribution >= 0.6 is 0 Å². The molecule has 2 rings (SSSR count). The summed E-state index contributed by atoms with van der Waals surface area (Å²) in [7, 11) is 0. The van der Waals surface area contributed by atoms with Gasteiger partial charge >= 0.3 is 0 Å². The fourth-order valence-corrected chi connectivity index (χ4v) is 4.02. The van der Waals surface area contributed by atoms with Crippen molar-refractivity contribution >= 4 is 0 Å². The van der Waals surface area contributed by atoms with Crippen molar-refractivity contribution in [2.45, 2.75) is 90.5 Å². The molecular weight excluding hydrogens is 256 g/mol. The molecule has 0 unspecified atom stereocenters. The molecule has 0 aromatic rings. The lowest BCUT2D eigenvalue weighted by molar-refractivity contribution is 0.119. The first-order valence-corrected chi connectivity index (χ1v) is 9.74. The molecule has 21 heavy (non-hydrogen) atoms. The predicted octanol–water partition coefficient (Wildman–Crippen LogP) is 4.59. The van der Waals surface area contributed by atoms with E-state index < -0.39 is 0 Å². The first-order chi connectivity index (χ1) is 10.3. The highest BCUT2D eigenvalue weighted by molar-refractivity contribution is 4.92. The van der Waals surface area contributed by atoms with Crippen molar-refractivity contribution in [2.75, 3.05) is 26.2 Å². The first kappa shape index (κ1) is 17.3. The average Bonchev–Trinajstić information content (AvgIpc) is 3.32. The molecular formula is C19H38N2. The van der Waals surface area contributed by atoms with Gasteiger partial charge in [-0.15, -0.1) is 0 Å². The van der Waals surface area contributed by atoms with Gasteiger partial charge in [0.05, 0.1) is 0 Å². The van der Waals surface area contributed by atoms with E-state index in [1.54, 1.807) is 0 Å². The van der Waals surface area contributed by atoms with Crippen LogP contribution in [0.1, 0.15) is 84.5 Å². The van der Waals surface area contributed by atoms with Crippen LogP contribution in [-0.4, -0.2) is 37.1 Å². The third-order valence-corrected chi connectivity index (χ3v) is 5.49. The van der Waals surface area contributed by atoms with Crippen molar-refractivity contribution in [1.82, 2.24) is 10.2 Å². The van der Waals surface area contributed by atoms with Gasteiger partial charge in [0.2, 0.25) is 0 Å². The minimum Gasteiger partial charge on any atom is -0.316 e. The van der Waals surface area contributed by atoms with E-state index in [-0.39, 0.29) is 0 Å². The van der Waals surface area contributed by atoms with E-state index in [9.17, 15) is 0 Å². The van der Waals surface area contributed by atoms with Crippen molar-refractivity contribution in [3.63, 3.8) is 0 Å². The molecule has 0 radical (unpaired) electrons. The van der Waals surface area contributed by atoms with E-state index in [4.69, 9.17) is 0 Å². The Morgan fingerprint density at radius 2 is 1.71 bits per heavy atom. The Labute approximate surface area is 133 Å². The maximum atomic E-state index is 3.77. The molecule has 2 aliphatic rings. The number of hydrogen-bond acceptors (Lipinski definition) is 2. The fourth-order valence-electron chi connectivity index (χ4n) is 4.02. The van der Waals surface area contributed by atoms with Gasteiger partial charge < -0.3 is 5.32 Å². The van der Waals surface area contributed by atoms with Crippen LogP contribution in [0.25, 0.3) is 0 Å². The monoisotopic (exact) mass is 294 g/mol. The average molecular weight is 295 g/mol. The second kappa shape index (κ2) is 9.15. The first-order valence-electron chi connectivity index (χ1n) is 9.74. The minimum absolute atomic E-state index is 0.571. The maximum Gasteiger partial charge on any atom is 0.00966 e. The van der Waals surface area contributed by atoms with E-state index in [0.717, 1.165) is 6.04 Å². The summed E-state index contributed by atoms with van der Waals surface area (Å²) in [5.41, 5.74) is 0.571. The molecule has 0 bridgehead atoms. The lowest BCUT2D eigenvalue weighted by Crippen LogP contribution is -2.45. The Kier molecular flexibility index (Phi) is 7.53. The topological polar surface area (TPSA) is 15.3 Å². The van der Waals surface area contributed by atoms with E-state index >= 15 is 0 Å². The third kappa shape index (κ3) is 5.90. The number of nitrogens with one attached hydrogen (secondary N) is 1. The zero-order valence-corrected chi connectivity index (χ0v) is 14.6. The van der Waals surface area contributed by atoms with Crippen LogP contribution in [0.5, 0.6) is 0 Å². The van der Waals surface area contributed by atoms with Gasteiger partial charge in [-0.3, -0.25) is 4.90 Å². The summed E-state index contributed by atoms with van der Waals surface area (Å²) in [6, 6.07) is 0.933. The molecule has 0 aromatic carbocycles. The SMILES string of the molecule is CCCCN(CC1(CNCCC)CCCCCC1)C1CC1. The van der Waals surface area contributed by atoms with E-state index in [1.165, 1.54) is 96.8 Å². The summed E-state index contributed by atoms with van der Waals surface area (Å²) >= 11 is 0. The van der Waals surface area contributed by atoms with Gasteiger partial charge in [-0.05, 0) is 57.0 Å². The van der Waals surface area contributed by atoms with Crippen LogP contribution < -0.4 is 5.32 Å². The quantitative estimate of drug-likeness (QED) is 0.468. The molecule has 0 aromatic heterocycles. The molecule has 2 saturated carbocycles. The van der Waals surface area contributed by atoms with Crippen molar-refractivity contribution < 1.29 is 0 Å². The van der Waals surface area contributed by atoms with E-state index in [0.29, 0.717) is 5.41 Å². The fraction of sp³-hybridized carbons (Fsp3) is 1.00. The van der Waals surface area contributed by atoms with Crippen LogP contribution in [0.4, 0.5) is 0 Å². The number of unbranched alkanes of at least 4 members (excludes halogenated alkanes) is 1. The Balaban J connectivity index is 1.94. The van der Waals surface area contributed by atoms with Gasteiger partial charge in [0.1, 0.15) is 0 Å². The summed E-state index contributed by atoms with van der Waals surface area (Å²) in [6.07, 6.45) is 15.7. The summed E-state index contributed by atoms with van der Waals surface area (Å²) in [6.45, 7) is 9.78. The molecule has 0 saturated heterocycles. The largest absolute Gasteiger partial charge is 0.316 e. The van der Waals surface area contributed by atoms with Gasteiger partial charge in [0.25, 0.3) is 0 Å². The van der Waals surface area contributed by atoms with Gasteiger partial charge in [-0.2, -0.15) is 0 Å². The molecule has 2 fully saturated rings. The van der Waals surface area contributed by atoms with Crippen LogP contribution in [-0.2, 0) is 0 Å². The molecule has 0 spiro atoms. The van der Waals surface area contributed by atoms with Crippen LogP contribution in [0, 0.1) is 5.41 Å². The number of nitrogens with zero attached hydrogens (tertiary/aromatic N) is 1. The highest BCUT2D eigenvalue weighted by Gasteiger charge is 2.37. The summed E-state index contributed by atoms with van der Waals surface area (Å²) in [5, 5.41) is 3.77. The maximum absolute atomic E-state index is 3.77. The second-order valence-electron chi connectivity index (χ2n) is 7.65. The highest BCUT2D eigenvalue weighted by Crippen LogP contribution is 2.38. The van der Waals surface area contributed by atoms with Gasteiger partial charge in [-0.1, -0.05) is 46.0 Å². The standard InChI is InChI=1S/C19H38N2/c1-3-5-15-21(18-10-11-18)17-19(16-20-14-4-2)12-8-6-7-9-13-19/h18,20H,3-17H2,1-2H3. The van der Waals surface area contributed by atoms with Gasteiger partial charge in [-0.25, -0.2) is 0 Å². The molecule has 2 heteroatoms. The van der Waals surface area contributed by atoms with Crippen LogP contribution in [0.3, 0.4) is 0 Å². The molecule has 0 heterocycles. The van der Waals surface area contributed by atoms with E-state index in [1.807, 2.05) is 0 Å². The molecule has 0 aliphatic heterocycles. The molecule has 0 atom stereocenters. The zero-order chi connectivity index (χ0) is 15.0. The Morgan fingerprint density at radius 3 is 2.29 bits per heavy atom. The molecule has 0 amide bonds. The smallest absolute Gasteiger partial charge is 0.00966 e. The lowest BCUT2D eigenvalue weighted by atomic mass is 9.79. The van der Waals surface area contributed by atoms with Gasteiger partial charge in [0.15, 0.2) is 0 Å². The Bertz CT molecular complexity index is 265. The summed E-state index contributed by atoms with van der Waals surface area (Å²) in [4.78, 5) is 2.86. The number of rotatable bonds is 10. The Hall–Kier alpha value is -0.0800. The van der Waals surface area contributed by atoms with E-state index in [2.05, 4.69) is 24.1 Å². The second-order valence-corrected chi connectivity index (χ2v) is 7.65. The molecule has 124 valence electrons. The highest BCUT2D eigenvalue weighted by atomic mass is 15.2. The van der Waals surface area contributed by atoms with Crippen LogP contribution in [0.2, 0.25) is 0 Å². The zero-order valence-electron chi connectivity index (χ0n) is 14.6. The number of hydrogen-bond donors (Lipinski definition) is 1. The summed E-state index contributed by atoms with van der Waals surface area (Å²) in [5.74, 6) is 0. The van der Waals surface area contributed by atoms with Crippen LogP contribution in [0.15, 0.2) is 0 Å². The minimum atomic E-state index is 0.571.